The van der Waals surface area contributed by atoms with Crippen LogP contribution in [0.1, 0.15) is 17.5 Å². The molecular formula is C33H29F2N7O5S. The Kier molecular flexibility index (Phi) is 8.99. The van der Waals surface area contributed by atoms with Crippen LogP contribution in [0.25, 0.3) is 26.5 Å². The monoisotopic (exact) mass is 673 g/mol. The molecule has 0 spiro atoms. The Hall–Kier alpha value is -5.51. The number of hydroxylamine groups is 1. The molecule has 0 bridgehead atoms. The second-order valence-electron chi connectivity index (χ2n) is 11.1. The van der Waals surface area contributed by atoms with Crippen LogP contribution < -0.4 is 26.9 Å². The smallest absolute Gasteiger partial charge is 0.306 e. The molecule has 4 heterocycles. The lowest BCUT2D eigenvalue weighted by atomic mass is 10.1. The number of hydrogen-bond donors (Lipinski definition) is 2. The van der Waals surface area contributed by atoms with Crippen LogP contribution in [0.15, 0.2) is 82.5 Å². The summed E-state index contributed by atoms with van der Waals surface area (Å²) in [5.41, 5.74) is 1.99. The van der Waals surface area contributed by atoms with Crippen molar-refractivity contribution in [2.24, 2.45) is 0 Å². The largest absolute Gasteiger partial charge is 0.343 e. The average molecular weight is 674 g/mol. The molecule has 0 radical (unpaired) electrons. The third kappa shape index (κ3) is 6.13. The standard InChI is InChI=1S/C33H29F2N7O5S/c1-39(2)17-22-28-30(44)42(26-10-5-9-25(37-26)40-16-6-11-27(40)43)33(46)41(18-21-23(34)7-4-8-24(21)35)31(28)48-29(22)19-12-14-20(15-13-19)36-32(45)38-47-3/h4-10,12-16H,11,17-18H2,1-3H3,(H2,36,38,45). The minimum absolute atomic E-state index is 0.0615. The Morgan fingerprint density at radius 2 is 1.67 bits per heavy atom. The molecule has 2 aromatic carbocycles. The lowest BCUT2D eigenvalue weighted by molar-refractivity contribution is -0.116. The zero-order chi connectivity index (χ0) is 34.1. The van der Waals surface area contributed by atoms with E-state index in [1.807, 2.05) is 19.0 Å². The molecule has 0 fully saturated rings. The van der Waals surface area contributed by atoms with Crippen LogP contribution in [0, 0.1) is 11.6 Å². The predicted molar refractivity (Wildman–Crippen MR) is 178 cm³/mol. The van der Waals surface area contributed by atoms with Gasteiger partial charge in [-0.1, -0.05) is 30.3 Å². The van der Waals surface area contributed by atoms with Crippen LogP contribution in [0.4, 0.5) is 25.1 Å². The van der Waals surface area contributed by atoms with E-state index in [4.69, 9.17) is 0 Å². The van der Waals surface area contributed by atoms with Crippen LogP contribution in [0.2, 0.25) is 0 Å². The summed E-state index contributed by atoms with van der Waals surface area (Å²) in [6.07, 6.45) is 3.41. The van der Waals surface area contributed by atoms with Crippen molar-refractivity contribution >= 4 is 45.0 Å². The van der Waals surface area contributed by atoms with Gasteiger partial charge in [0.25, 0.3) is 5.56 Å². The quantitative estimate of drug-likeness (QED) is 0.219. The molecule has 2 N–H and O–H groups in total. The third-order valence-corrected chi connectivity index (χ3v) is 8.84. The van der Waals surface area contributed by atoms with E-state index in [-0.39, 0.29) is 46.3 Å². The number of hydrogen-bond acceptors (Lipinski definition) is 8. The maximum absolute atomic E-state index is 15.0. The summed E-state index contributed by atoms with van der Waals surface area (Å²) in [5, 5.41) is 2.80. The highest BCUT2D eigenvalue weighted by Gasteiger charge is 2.26. The Morgan fingerprint density at radius 3 is 2.31 bits per heavy atom. The van der Waals surface area contributed by atoms with E-state index in [2.05, 4.69) is 20.6 Å². The summed E-state index contributed by atoms with van der Waals surface area (Å²) in [5.74, 6) is -1.78. The highest BCUT2D eigenvalue weighted by molar-refractivity contribution is 7.22. The minimum Gasteiger partial charge on any atom is -0.306 e. The molecular weight excluding hydrogens is 644 g/mol. The van der Waals surface area contributed by atoms with Gasteiger partial charge in [0, 0.05) is 35.3 Å². The molecule has 3 amide bonds. The highest BCUT2D eigenvalue weighted by Crippen LogP contribution is 2.38. The summed E-state index contributed by atoms with van der Waals surface area (Å²) in [6.45, 7) is -0.242. The van der Waals surface area contributed by atoms with Gasteiger partial charge < -0.3 is 10.2 Å². The molecule has 0 saturated heterocycles. The molecule has 1 aliphatic rings. The first-order valence-corrected chi connectivity index (χ1v) is 15.4. The van der Waals surface area contributed by atoms with Gasteiger partial charge in [-0.3, -0.25) is 23.9 Å². The number of amides is 3. The van der Waals surface area contributed by atoms with E-state index < -0.39 is 35.5 Å². The average Bonchev–Trinajstić information content (AvgIpc) is 3.64. The van der Waals surface area contributed by atoms with Crippen LogP contribution >= 0.6 is 11.3 Å². The fraction of sp³-hybridized carbons (Fsp3) is 0.182. The zero-order valence-electron chi connectivity index (χ0n) is 26.0. The summed E-state index contributed by atoms with van der Waals surface area (Å²) in [7, 11) is 4.95. The molecule has 15 heteroatoms. The fourth-order valence-electron chi connectivity index (χ4n) is 5.42. The van der Waals surface area contributed by atoms with Crippen LogP contribution in [0.3, 0.4) is 0 Å². The van der Waals surface area contributed by atoms with Crippen molar-refractivity contribution in [3.05, 3.63) is 117 Å². The molecule has 0 aliphatic carbocycles. The van der Waals surface area contributed by atoms with Crippen molar-refractivity contribution < 1.29 is 23.2 Å². The molecule has 48 heavy (non-hydrogen) atoms. The van der Waals surface area contributed by atoms with Crippen molar-refractivity contribution in [1.82, 2.24) is 24.5 Å². The molecule has 0 saturated carbocycles. The van der Waals surface area contributed by atoms with Gasteiger partial charge in [-0.25, -0.2) is 33.4 Å². The third-order valence-electron chi connectivity index (χ3n) is 7.54. The molecule has 0 unspecified atom stereocenters. The van der Waals surface area contributed by atoms with Gasteiger partial charge in [0.15, 0.2) is 0 Å². The first-order chi connectivity index (χ1) is 23.1. The molecule has 3 aromatic heterocycles. The first-order valence-electron chi connectivity index (χ1n) is 14.6. The van der Waals surface area contributed by atoms with Crippen molar-refractivity contribution in [2.45, 2.75) is 19.5 Å². The van der Waals surface area contributed by atoms with E-state index >= 15 is 8.78 Å². The van der Waals surface area contributed by atoms with Gasteiger partial charge in [0.2, 0.25) is 5.91 Å². The van der Waals surface area contributed by atoms with E-state index in [1.165, 1.54) is 28.7 Å². The number of benzene rings is 2. The number of anilines is 2. The number of fused-ring (bicyclic) bond motifs is 1. The van der Waals surface area contributed by atoms with Gasteiger partial charge >= 0.3 is 11.7 Å². The van der Waals surface area contributed by atoms with Gasteiger partial charge in [-0.15, -0.1) is 11.3 Å². The fourth-order valence-corrected chi connectivity index (χ4v) is 6.72. The topological polar surface area (TPSA) is 131 Å². The molecule has 5 aromatic rings. The summed E-state index contributed by atoms with van der Waals surface area (Å²) >= 11 is 1.14. The number of thiophene rings is 1. The van der Waals surface area contributed by atoms with Crippen LogP contribution in [0.5, 0.6) is 0 Å². The lowest BCUT2D eigenvalue weighted by Crippen LogP contribution is -2.40. The van der Waals surface area contributed by atoms with E-state index in [1.54, 1.807) is 48.7 Å². The van der Waals surface area contributed by atoms with Gasteiger partial charge in [-0.2, -0.15) is 0 Å². The van der Waals surface area contributed by atoms with Crippen molar-refractivity contribution in [1.29, 1.82) is 0 Å². The van der Waals surface area contributed by atoms with Crippen molar-refractivity contribution in [3.63, 3.8) is 0 Å². The van der Waals surface area contributed by atoms with Crippen molar-refractivity contribution in [3.8, 4) is 16.3 Å². The summed E-state index contributed by atoms with van der Waals surface area (Å²) in [4.78, 5) is 66.2. The molecule has 1 aliphatic heterocycles. The van der Waals surface area contributed by atoms with Gasteiger partial charge in [0.1, 0.15) is 28.1 Å². The van der Waals surface area contributed by atoms with Gasteiger partial charge in [-0.05, 0) is 61.6 Å². The van der Waals surface area contributed by atoms with E-state index in [0.29, 0.717) is 21.7 Å². The predicted octanol–water partition coefficient (Wildman–Crippen LogP) is 4.60. The highest BCUT2D eigenvalue weighted by atomic mass is 32.1. The zero-order valence-corrected chi connectivity index (χ0v) is 26.8. The Balaban J connectivity index is 1.61. The second kappa shape index (κ2) is 13.3. The number of nitrogens with one attached hydrogen (secondary N) is 2. The summed E-state index contributed by atoms with van der Waals surface area (Å²) in [6, 6.07) is 14.3. The van der Waals surface area contributed by atoms with E-state index in [9.17, 15) is 19.2 Å². The molecule has 0 atom stereocenters. The Bertz CT molecular complexity index is 2190. The molecule has 6 rings (SSSR count). The maximum Gasteiger partial charge on any atom is 0.343 e. The normalized spacial score (nSPS) is 12.8. The number of halogens is 2. The van der Waals surface area contributed by atoms with Crippen LogP contribution in [-0.2, 0) is 22.7 Å². The van der Waals surface area contributed by atoms with Crippen LogP contribution in [-0.4, -0.2) is 52.2 Å². The lowest BCUT2D eigenvalue weighted by Gasteiger charge is -2.16. The van der Waals surface area contributed by atoms with E-state index in [0.717, 1.165) is 28.0 Å². The van der Waals surface area contributed by atoms with Gasteiger partial charge in [0.05, 0.1) is 19.0 Å². The number of carbonyl (C=O) groups is 2. The molecule has 12 nitrogen and oxygen atoms in total. The number of urea groups is 1. The second-order valence-corrected chi connectivity index (χ2v) is 12.1. The molecule has 246 valence electrons. The Labute approximate surface area is 276 Å². The summed E-state index contributed by atoms with van der Waals surface area (Å²) < 4.78 is 32.1. The number of pyridine rings is 1. The number of aromatic nitrogens is 3. The van der Waals surface area contributed by atoms with Crippen molar-refractivity contribution in [2.75, 3.05) is 31.4 Å². The SMILES string of the molecule is CONC(=O)Nc1ccc(-c2sc3c(c2CN(C)C)c(=O)n(-c2cccc(N4C=CCC4=O)n2)c(=O)n3Cc2c(F)cccc2F)cc1. The minimum atomic E-state index is -0.865. The Morgan fingerprint density at radius 1 is 0.979 bits per heavy atom. The number of rotatable bonds is 9. The maximum atomic E-state index is 15.0. The first kappa shape index (κ1) is 32.4. The number of carbonyl (C=O) groups excluding carboxylic acids is 2. The number of nitrogens with zero attached hydrogens (tertiary/aromatic N) is 5.